The number of aryl methyl sites for hydroxylation is 1. The third-order valence-corrected chi connectivity index (χ3v) is 4.85. The molecule has 0 aromatic carbocycles. The minimum Gasteiger partial charge on any atom is -0.334 e. The fourth-order valence-corrected chi connectivity index (χ4v) is 3.72. The molecule has 2 aliphatic rings. The second kappa shape index (κ2) is 5.73. The lowest BCUT2D eigenvalue weighted by molar-refractivity contribution is 0.0758. The van der Waals surface area contributed by atoms with Gasteiger partial charge in [0.25, 0.3) is 5.91 Å². The molecule has 0 unspecified atom stereocenters. The average Bonchev–Trinajstić information content (AvgIpc) is 3.25. The molecule has 7 nitrogen and oxygen atoms in total. The molecule has 0 aliphatic carbocycles. The molecule has 2 fully saturated rings. The standard InChI is InChI=1S/C16H20N6O/c1-20-11-18-15(19-20)16(23)22-9-13-4-6-21(14(13)10-22)8-12-3-2-5-17-7-12/h2-3,5,7,11,13-14H,4,6,8-10H2,1H3/t13-,14+/m0/s1. The van der Waals surface area contributed by atoms with Crippen LogP contribution in [0.15, 0.2) is 30.9 Å². The van der Waals surface area contributed by atoms with E-state index in [1.807, 2.05) is 17.2 Å². The summed E-state index contributed by atoms with van der Waals surface area (Å²) in [6.07, 6.45) is 6.43. The van der Waals surface area contributed by atoms with Gasteiger partial charge in [-0.3, -0.25) is 19.4 Å². The maximum atomic E-state index is 12.5. The van der Waals surface area contributed by atoms with Gasteiger partial charge in [-0.2, -0.15) is 0 Å². The highest BCUT2D eigenvalue weighted by Crippen LogP contribution is 2.32. The lowest BCUT2D eigenvalue weighted by atomic mass is 10.1. The Kier molecular flexibility index (Phi) is 3.57. The van der Waals surface area contributed by atoms with Crippen molar-refractivity contribution in [2.24, 2.45) is 13.0 Å². The van der Waals surface area contributed by atoms with E-state index in [1.165, 1.54) is 5.56 Å². The zero-order valence-corrected chi connectivity index (χ0v) is 13.2. The Morgan fingerprint density at radius 3 is 3.04 bits per heavy atom. The molecule has 0 saturated carbocycles. The van der Waals surface area contributed by atoms with Crippen molar-refractivity contribution in [1.82, 2.24) is 29.5 Å². The van der Waals surface area contributed by atoms with Crippen LogP contribution in [0.5, 0.6) is 0 Å². The maximum Gasteiger partial charge on any atom is 0.293 e. The molecule has 120 valence electrons. The summed E-state index contributed by atoms with van der Waals surface area (Å²) >= 11 is 0. The molecule has 0 N–H and O–H groups in total. The van der Waals surface area contributed by atoms with Gasteiger partial charge in [-0.15, -0.1) is 5.10 Å². The van der Waals surface area contributed by atoms with Crippen LogP contribution < -0.4 is 0 Å². The van der Waals surface area contributed by atoms with Gasteiger partial charge < -0.3 is 4.90 Å². The van der Waals surface area contributed by atoms with Crippen molar-refractivity contribution in [3.8, 4) is 0 Å². The SMILES string of the molecule is Cn1cnc(C(=O)N2C[C@@H]3CCN(Cc4cccnc4)[C@@H]3C2)n1. The van der Waals surface area contributed by atoms with Gasteiger partial charge in [-0.25, -0.2) is 4.98 Å². The quantitative estimate of drug-likeness (QED) is 0.828. The molecule has 0 bridgehead atoms. The first-order chi connectivity index (χ1) is 11.2. The summed E-state index contributed by atoms with van der Waals surface area (Å²) in [4.78, 5) is 25.2. The van der Waals surface area contributed by atoms with E-state index < -0.39 is 0 Å². The number of rotatable bonds is 3. The molecule has 2 saturated heterocycles. The predicted molar refractivity (Wildman–Crippen MR) is 83.4 cm³/mol. The van der Waals surface area contributed by atoms with Crippen LogP contribution in [0, 0.1) is 5.92 Å². The molecule has 2 aromatic rings. The number of hydrogen-bond donors (Lipinski definition) is 0. The normalized spacial score (nSPS) is 24.1. The fraction of sp³-hybridized carbons (Fsp3) is 0.500. The molecule has 4 heterocycles. The van der Waals surface area contributed by atoms with Gasteiger partial charge in [0, 0.05) is 45.1 Å². The Bertz CT molecular complexity index is 700. The second-order valence-corrected chi connectivity index (χ2v) is 6.40. The van der Waals surface area contributed by atoms with Crippen molar-refractivity contribution < 1.29 is 4.79 Å². The number of carbonyl (C=O) groups excluding carboxylic acids is 1. The van der Waals surface area contributed by atoms with E-state index in [1.54, 1.807) is 24.3 Å². The number of amides is 1. The van der Waals surface area contributed by atoms with Gasteiger partial charge in [0.15, 0.2) is 0 Å². The molecule has 2 atom stereocenters. The minimum absolute atomic E-state index is 0.0543. The highest BCUT2D eigenvalue weighted by Gasteiger charge is 2.43. The van der Waals surface area contributed by atoms with E-state index in [0.29, 0.717) is 17.8 Å². The lowest BCUT2D eigenvalue weighted by Gasteiger charge is -2.24. The zero-order valence-electron chi connectivity index (χ0n) is 13.2. The molecule has 1 amide bonds. The summed E-state index contributed by atoms with van der Waals surface area (Å²) in [5, 5.41) is 4.13. The van der Waals surface area contributed by atoms with Crippen LogP contribution in [0.2, 0.25) is 0 Å². The summed E-state index contributed by atoms with van der Waals surface area (Å²) in [6, 6.07) is 4.51. The van der Waals surface area contributed by atoms with E-state index in [4.69, 9.17) is 0 Å². The van der Waals surface area contributed by atoms with Crippen LogP contribution in [0.1, 0.15) is 22.6 Å². The summed E-state index contributed by atoms with van der Waals surface area (Å²) < 4.78 is 1.57. The van der Waals surface area contributed by atoms with Gasteiger partial charge in [0.2, 0.25) is 5.82 Å². The van der Waals surface area contributed by atoms with Crippen LogP contribution in [-0.2, 0) is 13.6 Å². The van der Waals surface area contributed by atoms with E-state index in [9.17, 15) is 4.79 Å². The van der Waals surface area contributed by atoms with Gasteiger partial charge in [0.1, 0.15) is 6.33 Å². The topological polar surface area (TPSA) is 67.2 Å². The number of likely N-dealkylation sites (tertiary alicyclic amines) is 2. The van der Waals surface area contributed by atoms with Crippen LogP contribution in [-0.4, -0.2) is 61.1 Å². The summed E-state index contributed by atoms with van der Waals surface area (Å²) in [7, 11) is 1.78. The zero-order chi connectivity index (χ0) is 15.8. The molecule has 23 heavy (non-hydrogen) atoms. The van der Waals surface area contributed by atoms with Crippen LogP contribution in [0.4, 0.5) is 0 Å². The van der Waals surface area contributed by atoms with Crippen molar-refractivity contribution in [1.29, 1.82) is 0 Å². The molecule has 0 radical (unpaired) electrons. The van der Waals surface area contributed by atoms with Crippen molar-refractivity contribution in [2.45, 2.75) is 19.0 Å². The third kappa shape index (κ3) is 2.72. The highest BCUT2D eigenvalue weighted by molar-refractivity contribution is 5.90. The van der Waals surface area contributed by atoms with Crippen molar-refractivity contribution in [3.63, 3.8) is 0 Å². The number of aromatic nitrogens is 4. The predicted octanol–water partition coefficient (Wildman–Crippen LogP) is 0.557. The first-order valence-electron chi connectivity index (χ1n) is 7.98. The Balaban J connectivity index is 1.44. The van der Waals surface area contributed by atoms with Crippen LogP contribution in [0.25, 0.3) is 0 Å². The van der Waals surface area contributed by atoms with Crippen LogP contribution >= 0.6 is 0 Å². The molecule has 2 aliphatic heterocycles. The van der Waals surface area contributed by atoms with Gasteiger partial charge >= 0.3 is 0 Å². The molecule has 2 aromatic heterocycles. The Labute approximate surface area is 134 Å². The average molecular weight is 312 g/mol. The summed E-state index contributed by atoms with van der Waals surface area (Å²) in [5.74, 6) is 0.798. The number of fused-ring (bicyclic) bond motifs is 1. The molecule has 4 rings (SSSR count). The monoisotopic (exact) mass is 312 g/mol. The lowest BCUT2D eigenvalue weighted by Crippen LogP contribution is -2.37. The molecule has 0 spiro atoms. The second-order valence-electron chi connectivity index (χ2n) is 6.40. The number of carbonyl (C=O) groups is 1. The van der Waals surface area contributed by atoms with E-state index in [0.717, 1.165) is 32.6 Å². The Morgan fingerprint density at radius 2 is 2.30 bits per heavy atom. The highest BCUT2D eigenvalue weighted by atomic mass is 16.2. The third-order valence-electron chi connectivity index (χ3n) is 4.85. The van der Waals surface area contributed by atoms with Crippen molar-refractivity contribution in [3.05, 3.63) is 42.2 Å². The van der Waals surface area contributed by atoms with Crippen molar-refractivity contribution in [2.75, 3.05) is 19.6 Å². The van der Waals surface area contributed by atoms with E-state index in [2.05, 4.69) is 26.0 Å². The maximum absolute atomic E-state index is 12.5. The Hall–Kier alpha value is -2.28. The first-order valence-corrected chi connectivity index (χ1v) is 7.98. The molecular weight excluding hydrogens is 292 g/mol. The smallest absolute Gasteiger partial charge is 0.293 e. The number of nitrogens with zero attached hydrogens (tertiary/aromatic N) is 6. The molecular formula is C16H20N6O. The van der Waals surface area contributed by atoms with Crippen LogP contribution in [0.3, 0.4) is 0 Å². The van der Waals surface area contributed by atoms with Gasteiger partial charge in [0.05, 0.1) is 0 Å². The molecule has 7 heteroatoms. The van der Waals surface area contributed by atoms with E-state index in [-0.39, 0.29) is 5.91 Å². The van der Waals surface area contributed by atoms with E-state index >= 15 is 0 Å². The summed E-state index contributed by atoms with van der Waals surface area (Å²) in [6.45, 7) is 3.57. The summed E-state index contributed by atoms with van der Waals surface area (Å²) in [5.41, 5.74) is 1.23. The first kappa shape index (κ1) is 14.3. The van der Waals surface area contributed by atoms with Gasteiger partial charge in [-0.05, 0) is 30.5 Å². The number of pyridine rings is 1. The largest absolute Gasteiger partial charge is 0.334 e. The van der Waals surface area contributed by atoms with Crippen molar-refractivity contribution >= 4 is 5.91 Å². The van der Waals surface area contributed by atoms with Gasteiger partial charge in [-0.1, -0.05) is 6.07 Å². The minimum atomic E-state index is -0.0543. The fourth-order valence-electron chi connectivity index (χ4n) is 3.72. The number of hydrogen-bond acceptors (Lipinski definition) is 5. The Morgan fingerprint density at radius 1 is 1.39 bits per heavy atom.